The molecular weight excluding hydrogens is 399 g/mol. The zero-order valence-corrected chi connectivity index (χ0v) is 21.1. The maximum Gasteiger partial charge on any atom is 0.201 e. The lowest BCUT2D eigenvalue weighted by molar-refractivity contribution is 0.651. The molecule has 0 saturated carbocycles. The summed E-state index contributed by atoms with van der Waals surface area (Å²) in [5, 5.41) is 2.52. The van der Waals surface area contributed by atoms with Crippen molar-refractivity contribution in [3.05, 3.63) is 46.5 Å². The molecule has 0 fully saturated rings. The summed E-state index contributed by atoms with van der Waals surface area (Å²) >= 11 is 0. The molecule has 0 bridgehead atoms. The van der Waals surface area contributed by atoms with E-state index < -0.39 is 0 Å². The molecule has 0 aliphatic rings. The van der Waals surface area contributed by atoms with Gasteiger partial charge in [-0.15, -0.1) is 0 Å². The molecule has 0 saturated heterocycles. The van der Waals surface area contributed by atoms with E-state index in [0.717, 1.165) is 36.8 Å². The summed E-state index contributed by atoms with van der Waals surface area (Å²) in [4.78, 5) is 0. The summed E-state index contributed by atoms with van der Waals surface area (Å²) in [6, 6.07) is 9.59. The van der Waals surface area contributed by atoms with E-state index in [1.54, 1.807) is 0 Å². The Balaban J connectivity index is 2.29. The van der Waals surface area contributed by atoms with Gasteiger partial charge in [0, 0.05) is 10.8 Å². The Morgan fingerprint density at radius 1 is 0.548 bits per heavy atom. The van der Waals surface area contributed by atoms with Crippen LogP contribution in [0.2, 0.25) is 0 Å². The van der Waals surface area contributed by atoms with Gasteiger partial charge in [0.15, 0.2) is 0 Å². The molecule has 3 heteroatoms. The Kier molecular flexibility index (Phi) is 9.59. The zero-order chi connectivity index (χ0) is 22.1. The van der Waals surface area contributed by atoms with Crippen LogP contribution >= 0.6 is 8.67 Å². The highest BCUT2D eigenvalue weighted by Gasteiger charge is 2.13. The van der Waals surface area contributed by atoms with Gasteiger partial charge in [0.25, 0.3) is 0 Å². The molecule has 31 heavy (non-hydrogen) atoms. The number of hydrogen-bond acceptors (Lipinski definition) is 2. The van der Waals surface area contributed by atoms with Gasteiger partial charge in [0.2, 0.25) is 8.67 Å². The molecule has 1 aromatic heterocycles. The van der Waals surface area contributed by atoms with Crippen molar-refractivity contribution >= 4 is 30.6 Å². The lowest BCUT2D eigenvalue weighted by Gasteiger charge is -2.11. The molecule has 0 atom stereocenters. The molecule has 3 aromatic rings. The molecule has 1 heterocycles. The summed E-state index contributed by atoms with van der Waals surface area (Å²) in [5.74, 6) is 0. The molecule has 0 spiro atoms. The minimum atomic E-state index is 0.0273. The van der Waals surface area contributed by atoms with Gasteiger partial charge in [0.1, 0.15) is 11.2 Å². The third-order valence-electron chi connectivity index (χ3n) is 6.27. The molecular formula is C28H41O2P. The first-order valence-corrected chi connectivity index (χ1v) is 13.4. The van der Waals surface area contributed by atoms with Crippen LogP contribution in [-0.2, 0) is 25.7 Å². The first kappa shape index (κ1) is 24.0. The van der Waals surface area contributed by atoms with E-state index in [1.807, 2.05) is 0 Å². The normalized spacial score (nSPS) is 11.5. The summed E-state index contributed by atoms with van der Waals surface area (Å²) < 4.78 is 12.6. The summed E-state index contributed by atoms with van der Waals surface area (Å²) in [6.07, 6.45) is 14.1. The Labute approximate surface area is 190 Å². The molecule has 0 amide bonds. The minimum absolute atomic E-state index is 0.0273. The predicted octanol–water partition coefficient (Wildman–Crippen LogP) is 9.71. The fourth-order valence-corrected chi connectivity index (χ4v) is 5.10. The topological polar surface area (TPSA) is 26.3 Å². The highest BCUT2D eigenvalue weighted by molar-refractivity contribution is 7.15. The first-order valence-electron chi connectivity index (χ1n) is 12.6. The Bertz CT molecular complexity index is 924. The van der Waals surface area contributed by atoms with Gasteiger partial charge >= 0.3 is 0 Å². The number of hydrogen-bond donors (Lipinski definition) is 0. The molecule has 2 aromatic carbocycles. The third kappa shape index (κ3) is 6.19. The number of rotatable bonds is 12. The second-order valence-corrected chi connectivity index (χ2v) is 9.54. The van der Waals surface area contributed by atoms with Crippen molar-refractivity contribution in [1.82, 2.24) is 0 Å². The maximum atomic E-state index is 6.30. The van der Waals surface area contributed by atoms with Crippen LogP contribution in [0.15, 0.2) is 32.7 Å². The number of fused-ring (bicyclic) bond motifs is 3. The largest absolute Gasteiger partial charge is 0.421 e. The second kappa shape index (κ2) is 12.4. The number of benzene rings is 2. The fourth-order valence-electron chi connectivity index (χ4n) is 4.41. The van der Waals surface area contributed by atoms with Crippen LogP contribution in [0.5, 0.6) is 0 Å². The van der Waals surface area contributed by atoms with Gasteiger partial charge < -0.3 is 8.39 Å². The van der Waals surface area contributed by atoms with Crippen LogP contribution in [0.4, 0.5) is 0 Å². The van der Waals surface area contributed by atoms with Crippen LogP contribution in [0, 0.1) is 0 Å². The second-order valence-electron chi connectivity index (χ2n) is 8.96. The van der Waals surface area contributed by atoms with Gasteiger partial charge in [-0.05, 0) is 85.8 Å². The predicted molar refractivity (Wildman–Crippen MR) is 138 cm³/mol. The van der Waals surface area contributed by atoms with Crippen molar-refractivity contribution in [2.45, 2.75) is 105 Å². The third-order valence-corrected chi connectivity index (χ3v) is 6.84. The minimum Gasteiger partial charge on any atom is -0.421 e. The van der Waals surface area contributed by atoms with Crippen LogP contribution in [0.1, 0.15) is 101 Å². The molecule has 0 radical (unpaired) electrons. The van der Waals surface area contributed by atoms with Crippen molar-refractivity contribution in [2.24, 2.45) is 0 Å². The van der Waals surface area contributed by atoms with E-state index >= 15 is 0 Å². The fraction of sp³-hybridized carbons (Fsp3) is 0.571. The molecule has 0 aliphatic heterocycles. The molecule has 0 aliphatic carbocycles. The average molecular weight is 441 g/mol. The van der Waals surface area contributed by atoms with Crippen LogP contribution < -0.4 is 0 Å². The lowest BCUT2D eigenvalue weighted by Crippen LogP contribution is -1.94. The highest BCUT2D eigenvalue weighted by atomic mass is 31.1. The standard InChI is InChI=1S/C28H41O2P/c1-5-9-13-21-17-23(15-11-7-3)27-25(19-21)26-20-22(14-10-6-2)18-24(16-12-8-4)28(26)30-31-29-27/h17-20,31H,5-16H2,1-4H3. The molecule has 0 N–H and O–H groups in total. The SMILES string of the molecule is CCCCc1cc(CCCC)c2o[pH]oc3c(CCCC)cc(CCCC)cc3c2c1. The first-order chi connectivity index (χ1) is 15.2. The Morgan fingerprint density at radius 2 is 0.935 bits per heavy atom. The lowest BCUT2D eigenvalue weighted by atomic mass is 9.94. The van der Waals surface area contributed by atoms with Crippen molar-refractivity contribution < 1.29 is 8.39 Å². The van der Waals surface area contributed by atoms with Gasteiger partial charge in [-0.1, -0.05) is 65.5 Å². The van der Waals surface area contributed by atoms with Crippen molar-refractivity contribution in [2.75, 3.05) is 0 Å². The maximum absolute atomic E-state index is 6.30. The number of aryl methyl sites for hydroxylation is 4. The zero-order valence-electron chi connectivity index (χ0n) is 20.1. The summed E-state index contributed by atoms with van der Waals surface area (Å²) in [6.45, 7) is 9.07. The van der Waals surface area contributed by atoms with E-state index in [0.29, 0.717) is 0 Å². The molecule has 0 unspecified atom stereocenters. The monoisotopic (exact) mass is 440 g/mol. The average Bonchev–Trinajstić information content (AvgIpc) is 2.98. The van der Waals surface area contributed by atoms with E-state index in [9.17, 15) is 0 Å². The van der Waals surface area contributed by atoms with E-state index in [2.05, 4.69) is 52.0 Å². The van der Waals surface area contributed by atoms with Crippen molar-refractivity contribution in [3.63, 3.8) is 0 Å². The van der Waals surface area contributed by atoms with Crippen molar-refractivity contribution in [1.29, 1.82) is 0 Å². The molecule has 2 nitrogen and oxygen atoms in total. The summed E-state index contributed by atoms with van der Waals surface area (Å²) in [5.41, 5.74) is 7.76. The van der Waals surface area contributed by atoms with Crippen LogP contribution in [0.3, 0.4) is 0 Å². The van der Waals surface area contributed by atoms with Crippen LogP contribution in [0.25, 0.3) is 21.9 Å². The van der Waals surface area contributed by atoms with Gasteiger partial charge in [-0.3, -0.25) is 0 Å². The molecule has 3 rings (SSSR count). The Hall–Kier alpha value is -1.66. The van der Waals surface area contributed by atoms with E-state index in [1.165, 1.54) is 84.4 Å². The quantitative estimate of drug-likeness (QED) is 0.280. The van der Waals surface area contributed by atoms with E-state index in [-0.39, 0.29) is 8.67 Å². The molecule has 170 valence electrons. The van der Waals surface area contributed by atoms with Gasteiger partial charge in [-0.25, -0.2) is 0 Å². The number of unbranched alkanes of at least 4 members (excludes halogenated alkanes) is 4. The highest BCUT2D eigenvalue weighted by Crippen LogP contribution is 2.35. The summed E-state index contributed by atoms with van der Waals surface area (Å²) in [7, 11) is 0.0273. The van der Waals surface area contributed by atoms with Gasteiger partial charge in [-0.2, -0.15) is 0 Å². The Morgan fingerprint density at radius 3 is 1.32 bits per heavy atom. The van der Waals surface area contributed by atoms with E-state index in [4.69, 9.17) is 8.39 Å². The van der Waals surface area contributed by atoms with Gasteiger partial charge in [0.05, 0.1) is 0 Å². The van der Waals surface area contributed by atoms with Crippen molar-refractivity contribution in [3.8, 4) is 0 Å². The van der Waals surface area contributed by atoms with Crippen LogP contribution in [-0.4, -0.2) is 0 Å². The smallest absolute Gasteiger partial charge is 0.201 e.